The zero-order valence-electron chi connectivity index (χ0n) is 12.8. The number of carbonyl (C=O) groups is 2. The molecule has 1 aromatic heterocycles. The first-order valence-corrected chi connectivity index (χ1v) is 7.40. The summed E-state index contributed by atoms with van der Waals surface area (Å²) in [5.74, 6) is -0.430. The molecular formula is C17H20N4O2. The van der Waals surface area contributed by atoms with Crippen molar-refractivity contribution in [3.8, 4) is 0 Å². The molecule has 3 N–H and O–H groups in total. The molecule has 1 heterocycles. The minimum Gasteiger partial charge on any atom is -0.370 e. The fraction of sp³-hybridized carbons (Fsp3) is 0.235. The summed E-state index contributed by atoms with van der Waals surface area (Å²) in [5.41, 5.74) is 6.96. The van der Waals surface area contributed by atoms with Gasteiger partial charge < -0.3 is 16.0 Å². The van der Waals surface area contributed by atoms with Gasteiger partial charge in [-0.25, -0.2) is 4.79 Å². The Morgan fingerprint density at radius 2 is 1.83 bits per heavy atom. The number of amides is 3. The van der Waals surface area contributed by atoms with Gasteiger partial charge in [0.25, 0.3) is 0 Å². The van der Waals surface area contributed by atoms with Crippen molar-refractivity contribution < 1.29 is 9.59 Å². The fourth-order valence-corrected chi connectivity index (χ4v) is 2.08. The Labute approximate surface area is 135 Å². The summed E-state index contributed by atoms with van der Waals surface area (Å²) < 4.78 is 0. The van der Waals surface area contributed by atoms with Gasteiger partial charge in [-0.15, -0.1) is 0 Å². The number of urea groups is 1. The average Bonchev–Trinajstić information content (AvgIpc) is 2.58. The summed E-state index contributed by atoms with van der Waals surface area (Å²) in [7, 11) is 0. The third kappa shape index (κ3) is 5.78. The predicted octanol–water partition coefficient (Wildman–Crippen LogP) is 1.67. The molecule has 0 spiro atoms. The standard InChI is InChI=1S/C17H20N4O2/c18-16(22)9-11-21(13-14-6-2-1-3-7-14)17(23)20-12-15-8-4-5-10-19-15/h1-8,10H,9,11-13H2,(H2,18,22)(H,20,23). The molecule has 0 saturated carbocycles. The number of pyridine rings is 1. The van der Waals surface area contributed by atoms with Gasteiger partial charge in [0.05, 0.1) is 12.2 Å². The van der Waals surface area contributed by atoms with E-state index in [9.17, 15) is 9.59 Å². The normalized spacial score (nSPS) is 10.1. The smallest absolute Gasteiger partial charge is 0.318 e. The van der Waals surface area contributed by atoms with E-state index in [2.05, 4.69) is 10.3 Å². The number of hydrogen-bond donors (Lipinski definition) is 2. The van der Waals surface area contributed by atoms with Crippen LogP contribution in [0.25, 0.3) is 0 Å². The Balaban J connectivity index is 1.97. The highest BCUT2D eigenvalue weighted by molar-refractivity contribution is 5.77. The summed E-state index contributed by atoms with van der Waals surface area (Å²) >= 11 is 0. The molecule has 0 bridgehead atoms. The molecule has 3 amide bonds. The quantitative estimate of drug-likeness (QED) is 0.815. The first-order chi connectivity index (χ1) is 11.1. The number of rotatable bonds is 7. The van der Waals surface area contributed by atoms with E-state index in [1.165, 1.54) is 0 Å². The molecule has 0 saturated heterocycles. The first-order valence-electron chi connectivity index (χ1n) is 7.40. The molecular weight excluding hydrogens is 292 g/mol. The molecule has 23 heavy (non-hydrogen) atoms. The van der Waals surface area contributed by atoms with E-state index in [-0.39, 0.29) is 19.0 Å². The Kier molecular flexibility index (Phi) is 6.11. The molecule has 0 aliphatic carbocycles. The van der Waals surface area contributed by atoms with Gasteiger partial charge in [0.2, 0.25) is 5.91 Å². The second kappa shape index (κ2) is 8.53. The first kappa shape index (κ1) is 16.5. The molecule has 2 rings (SSSR count). The topological polar surface area (TPSA) is 88.3 Å². The number of carbonyl (C=O) groups excluding carboxylic acids is 2. The fourth-order valence-electron chi connectivity index (χ4n) is 2.08. The van der Waals surface area contributed by atoms with Gasteiger partial charge in [-0.05, 0) is 17.7 Å². The van der Waals surface area contributed by atoms with E-state index in [4.69, 9.17) is 5.73 Å². The Hall–Kier alpha value is -2.89. The van der Waals surface area contributed by atoms with Crippen LogP contribution in [0.15, 0.2) is 54.7 Å². The van der Waals surface area contributed by atoms with Crippen molar-refractivity contribution in [2.45, 2.75) is 19.5 Å². The van der Waals surface area contributed by atoms with Crippen LogP contribution in [0.5, 0.6) is 0 Å². The van der Waals surface area contributed by atoms with Gasteiger partial charge in [-0.3, -0.25) is 9.78 Å². The zero-order valence-corrected chi connectivity index (χ0v) is 12.8. The summed E-state index contributed by atoms with van der Waals surface area (Å²) in [5, 5.41) is 2.82. The lowest BCUT2D eigenvalue weighted by atomic mass is 10.2. The van der Waals surface area contributed by atoms with Crippen molar-refractivity contribution in [2.75, 3.05) is 6.54 Å². The SMILES string of the molecule is NC(=O)CCN(Cc1ccccc1)C(=O)NCc1ccccn1. The van der Waals surface area contributed by atoms with E-state index in [1.807, 2.05) is 48.5 Å². The van der Waals surface area contributed by atoms with Crippen molar-refractivity contribution in [2.24, 2.45) is 5.73 Å². The largest absolute Gasteiger partial charge is 0.370 e. The summed E-state index contributed by atoms with van der Waals surface area (Å²) in [6, 6.07) is 14.9. The highest BCUT2D eigenvalue weighted by Gasteiger charge is 2.14. The van der Waals surface area contributed by atoms with Crippen molar-refractivity contribution >= 4 is 11.9 Å². The van der Waals surface area contributed by atoms with Crippen LogP contribution in [0.4, 0.5) is 4.79 Å². The van der Waals surface area contributed by atoms with E-state index >= 15 is 0 Å². The van der Waals surface area contributed by atoms with Gasteiger partial charge in [0.1, 0.15) is 0 Å². The van der Waals surface area contributed by atoms with Crippen LogP contribution in [0.2, 0.25) is 0 Å². The molecule has 6 heteroatoms. The van der Waals surface area contributed by atoms with E-state index in [0.29, 0.717) is 13.1 Å². The van der Waals surface area contributed by atoms with E-state index in [1.54, 1.807) is 11.1 Å². The number of nitrogens with one attached hydrogen (secondary N) is 1. The molecule has 0 atom stereocenters. The molecule has 0 unspecified atom stereocenters. The van der Waals surface area contributed by atoms with Crippen LogP contribution >= 0.6 is 0 Å². The Morgan fingerprint density at radius 3 is 2.48 bits per heavy atom. The summed E-state index contributed by atoms with van der Waals surface area (Å²) in [4.78, 5) is 29.1. The van der Waals surface area contributed by atoms with Crippen LogP contribution in [0, 0.1) is 0 Å². The number of hydrogen-bond acceptors (Lipinski definition) is 3. The second-order valence-corrected chi connectivity index (χ2v) is 5.10. The molecule has 2 aromatic rings. The van der Waals surface area contributed by atoms with Crippen LogP contribution in [0.1, 0.15) is 17.7 Å². The zero-order chi connectivity index (χ0) is 16.5. The lowest BCUT2D eigenvalue weighted by Gasteiger charge is -2.22. The molecule has 120 valence electrons. The monoisotopic (exact) mass is 312 g/mol. The molecule has 0 radical (unpaired) electrons. The van der Waals surface area contributed by atoms with E-state index < -0.39 is 5.91 Å². The highest BCUT2D eigenvalue weighted by Crippen LogP contribution is 2.06. The Bertz CT molecular complexity index is 632. The van der Waals surface area contributed by atoms with Gasteiger partial charge in [-0.1, -0.05) is 36.4 Å². The minimum absolute atomic E-state index is 0.129. The van der Waals surface area contributed by atoms with Gasteiger partial charge in [0, 0.05) is 25.7 Å². The van der Waals surface area contributed by atoms with Crippen molar-refractivity contribution in [3.63, 3.8) is 0 Å². The van der Waals surface area contributed by atoms with E-state index in [0.717, 1.165) is 11.3 Å². The third-order valence-electron chi connectivity index (χ3n) is 3.28. The maximum absolute atomic E-state index is 12.4. The average molecular weight is 312 g/mol. The highest BCUT2D eigenvalue weighted by atomic mass is 16.2. The van der Waals surface area contributed by atoms with Gasteiger partial charge >= 0.3 is 6.03 Å². The predicted molar refractivity (Wildman–Crippen MR) is 87.1 cm³/mol. The van der Waals surface area contributed by atoms with Crippen molar-refractivity contribution in [1.82, 2.24) is 15.2 Å². The number of benzene rings is 1. The second-order valence-electron chi connectivity index (χ2n) is 5.10. The molecule has 6 nitrogen and oxygen atoms in total. The summed E-state index contributed by atoms with van der Waals surface area (Å²) in [6.45, 7) is 1.03. The molecule has 0 fully saturated rings. The Morgan fingerprint density at radius 1 is 1.09 bits per heavy atom. The maximum atomic E-state index is 12.4. The van der Waals surface area contributed by atoms with Crippen LogP contribution in [-0.4, -0.2) is 28.4 Å². The number of nitrogens with zero attached hydrogens (tertiary/aromatic N) is 2. The lowest BCUT2D eigenvalue weighted by Crippen LogP contribution is -2.40. The van der Waals surface area contributed by atoms with Crippen molar-refractivity contribution in [3.05, 3.63) is 66.0 Å². The van der Waals surface area contributed by atoms with Crippen LogP contribution in [-0.2, 0) is 17.9 Å². The van der Waals surface area contributed by atoms with Gasteiger partial charge in [-0.2, -0.15) is 0 Å². The molecule has 1 aromatic carbocycles. The third-order valence-corrected chi connectivity index (χ3v) is 3.28. The lowest BCUT2D eigenvalue weighted by molar-refractivity contribution is -0.118. The number of primary amides is 1. The summed E-state index contributed by atoms with van der Waals surface area (Å²) in [6.07, 6.45) is 1.81. The molecule has 0 aliphatic rings. The van der Waals surface area contributed by atoms with Crippen LogP contribution < -0.4 is 11.1 Å². The number of nitrogens with two attached hydrogens (primary N) is 1. The minimum atomic E-state index is -0.430. The van der Waals surface area contributed by atoms with Gasteiger partial charge in [0.15, 0.2) is 0 Å². The number of aromatic nitrogens is 1. The maximum Gasteiger partial charge on any atom is 0.318 e. The van der Waals surface area contributed by atoms with Crippen LogP contribution in [0.3, 0.4) is 0 Å². The molecule has 0 aliphatic heterocycles. The van der Waals surface area contributed by atoms with Crippen molar-refractivity contribution in [1.29, 1.82) is 0 Å².